The Kier molecular flexibility index (Phi) is 4.93. The summed E-state index contributed by atoms with van der Waals surface area (Å²) < 4.78 is 1.12. The number of halogens is 1. The lowest BCUT2D eigenvalue weighted by Gasteiger charge is -2.49. The molecule has 6 atom stereocenters. The molecule has 178 valence electrons. The van der Waals surface area contributed by atoms with Crippen LogP contribution in [0.2, 0.25) is 0 Å². The van der Waals surface area contributed by atoms with Gasteiger partial charge in [0, 0.05) is 15.8 Å². The highest BCUT2D eigenvalue weighted by Crippen LogP contribution is 2.64. The molecule has 2 saturated carbocycles. The summed E-state index contributed by atoms with van der Waals surface area (Å²) in [6.07, 6.45) is 5.95. The highest BCUT2D eigenvalue weighted by molar-refractivity contribution is 9.10. The summed E-state index contributed by atoms with van der Waals surface area (Å²) in [4.78, 5) is 0. The van der Waals surface area contributed by atoms with E-state index >= 15 is 0 Å². The predicted octanol–water partition coefficient (Wildman–Crippen LogP) is 7.85. The first kappa shape index (κ1) is 21.7. The third kappa shape index (κ3) is 3.25. The van der Waals surface area contributed by atoms with Crippen LogP contribution in [0.3, 0.4) is 0 Å². The summed E-state index contributed by atoms with van der Waals surface area (Å²) in [5.41, 5.74) is 7.00. The van der Waals surface area contributed by atoms with Crippen LogP contribution in [-0.2, 0) is 6.42 Å². The summed E-state index contributed by atoms with van der Waals surface area (Å²) in [6, 6.07) is 26.0. The molecule has 0 amide bonds. The second kappa shape index (κ2) is 7.96. The van der Waals surface area contributed by atoms with Gasteiger partial charge in [0.2, 0.25) is 0 Å². The van der Waals surface area contributed by atoms with Crippen LogP contribution in [0.4, 0.5) is 5.69 Å². The molecule has 0 bridgehead atoms. The van der Waals surface area contributed by atoms with Gasteiger partial charge in [-0.05, 0) is 103 Å². The van der Waals surface area contributed by atoms with E-state index in [0.29, 0.717) is 29.4 Å². The number of fused-ring (bicyclic) bond motifs is 7. The van der Waals surface area contributed by atoms with E-state index in [1.807, 2.05) is 12.1 Å². The summed E-state index contributed by atoms with van der Waals surface area (Å²) >= 11 is 3.63. The Morgan fingerprint density at radius 3 is 2.57 bits per heavy atom. The molecule has 7 rings (SSSR count). The van der Waals surface area contributed by atoms with Crippen molar-refractivity contribution in [2.75, 3.05) is 5.01 Å². The Morgan fingerprint density at radius 1 is 0.971 bits per heavy atom. The molecule has 4 heteroatoms. The number of para-hydroxylation sites is 1. The third-order valence-electron chi connectivity index (χ3n) is 9.64. The summed E-state index contributed by atoms with van der Waals surface area (Å²) in [7, 11) is 0. The molecular weight excluding hydrogens is 496 g/mol. The van der Waals surface area contributed by atoms with E-state index in [-0.39, 0.29) is 11.5 Å². The van der Waals surface area contributed by atoms with Gasteiger partial charge in [-0.15, -0.1) is 0 Å². The van der Waals surface area contributed by atoms with Gasteiger partial charge in [-0.25, -0.2) is 0 Å². The fourth-order valence-electron chi connectivity index (χ4n) is 8.10. The topological polar surface area (TPSA) is 35.8 Å². The second-order valence-corrected chi connectivity index (χ2v) is 12.2. The first-order chi connectivity index (χ1) is 17.0. The number of benzene rings is 3. The van der Waals surface area contributed by atoms with Crippen LogP contribution in [0.5, 0.6) is 5.75 Å². The van der Waals surface area contributed by atoms with Crippen molar-refractivity contribution in [1.82, 2.24) is 0 Å². The molecule has 2 fully saturated rings. The second-order valence-electron chi connectivity index (χ2n) is 11.3. The van der Waals surface area contributed by atoms with Crippen LogP contribution in [0, 0.1) is 23.2 Å². The van der Waals surface area contributed by atoms with Crippen molar-refractivity contribution in [3.8, 4) is 5.75 Å². The molecule has 4 aliphatic rings. The van der Waals surface area contributed by atoms with Crippen molar-refractivity contribution >= 4 is 27.3 Å². The van der Waals surface area contributed by atoms with E-state index in [9.17, 15) is 5.11 Å². The Morgan fingerprint density at radius 2 is 1.77 bits per heavy atom. The lowest BCUT2D eigenvalue weighted by atomic mass is 9.55. The lowest BCUT2D eigenvalue weighted by molar-refractivity contribution is 0.0909. The van der Waals surface area contributed by atoms with Crippen molar-refractivity contribution in [1.29, 1.82) is 0 Å². The minimum atomic E-state index is 0.164. The molecule has 3 aromatic carbocycles. The lowest BCUT2D eigenvalue weighted by Crippen LogP contribution is -2.42. The molecule has 0 radical (unpaired) electrons. The molecule has 1 aliphatic heterocycles. The van der Waals surface area contributed by atoms with E-state index in [4.69, 9.17) is 5.10 Å². The van der Waals surface area contributed by atoms with Gasteiger partial charge < -0.3 is 5.11 Å². The Balaban J connectivity index is 1.29. The maximum atomic E-state index is 10.0. The molecule has 2 unspecified atom stereocenters. The summed E-state index contributed by atoms with van der Waals surface area (Å²) in [5, 5.41) is 17.8. The molecule has 0 spiro atoms. The number of aryl methyl sites for hydroxylation is 1. The van der Waals surface area contributed by atoms with Gasteiger partial charge in [0.1, 0.15) is 5.75 Å². The highest BCUT2D eigenvalue weighted by atomic mass is 79.9. The van der Waals surface area contributed by atoms with Gasteiger partial charge in [0.25, 0.3) is 0 Å². The van der Waals surface area contributed by atoms with Gasteiger partial charge >= 0.3 is 0 Å². The molecular formula is C31H31BrN2O. The number of hydrogen-bond acceptors (Lipinski definition) is 3. The van der Waals surface area contributed by atoms with Crippen molar-refractivity contribution in [2.24, 2.45) is 28.3 Å². The van der Waals surface area contributed by atoms with E-state index in [0.717, 1.165) is 10.9 Å². The molecule has 3 nitrogen and oxygen atoms in total. The van der Waals surface area contributed by atoms with Crippen molar-refractivity contribution in [3.05, 3.63) is 94.0 Å². The zero-order valence-electron chi connectivity index (χ0n) is 20.1. The first-order valence-corrected chi connectivity index (χ1v) is 13.8. The van der Waals surface area contributed by atoms with Crippen molar-refractivity contribution in [2.45, 2.75) is 51.0 Å². The van der Waals surface area contributed by atoms with E-state index < -0.39 is 0 Å². The van der Waals surface area contributed by atoms with Gasteiger partial charge in [-0.1, -0.05) is 59.3 Å². The van der Waals surface area contributed by atoms with Crippen LogP contribution in [-0.4, -0.2) is 10.8 Å². The van der Waals surface area contributed by atoms with Gasteiger partial charge in [0.15, 0.2) is 0 Å². The van der Waals surface area contributed by atoms with Crippen molar-refractivity contribution in [3.63, 3.8) is 0 Å². The number of hydrazone groups is 1. The molecule has 0 saturated heterocycles. The number of phenols is 1. The molecule has 3 aromatic rings. The monoisotopic (exact) mass is 526 g/mol. The first-order valence-electron chi connectivity index (χ1n) is 13.0. The molecule has 3 aliphatic carbocycles. The smallest absolute Gasteiger partial charge is 0.115 e. The zero-order valence-corrected chi connectivity index (χ0v) is 21.7. The SMILES string of the molecule is C[C@]12CC[C@@H]3c4ccc(O)cc4CC[C@H]3[C@@H]1CC1C2=NN(c2ccccc2)C1c1ccc(Br)cc1. The normalized spacial score (nSPS) is 32.9. The van der Waals surface area contributed by atoms with Crippen LogP contribution < -0.4 is 5.01 Å². The van der Waals surface area contributed by atoms with E-state index in [1.54, 1.807) is 0 Å². The summed E-state index contributed by atoms with van der Waals surface area (Å²) in [6.45, 7) is 2.52. The zero-order chi connectivity index (χ0) is 23.7. The third-order valence-corrected chi connectivity index (χ3v) is 10.2. The molecule has 35 heavy (non-hydrogen) atoms. The van der Waals surface area contributed by atoms with Gasteiger partial charge in [0.05, 0.1) is 17.4 Å². The number of phenolic OH excluding ortho intramolecular Hbond substituents is 1. The van der Waals surface area contributed by atoms with Crippen LogP contribution >= 0.6 is 15.9 Å². The maximum Gasteiger partial charge on any atom is 0.115 e. The average Bonchev–Trinajstić information content (AvgIpc) is 3.39. The van der Waals surface area contributed by atoms with Gasteiger partial charge in [-0.3, -0.25) is 5.01 Å². The fraction of sp³-hybridized carbons (Fsp3) is 0.387. The van der Waals surface area contributed by atoms with Gasteiger partial charge in [-0.2, -0.15) is 5.10 Å². The molecule has 1 N–H and O–H groups in total. The quantitative estimate of drug-likeness (QED) is 0.368. The minimum absolute atomic E-state index is 0.164. The standard InChI is InChI=1S/C31H31BrN2O/c1-31-16-15-25-24-14-12-23(35)17-20(24)9-13-26(25)28(31)18-27-29(19-7-10-21(32)11-8-19)34(33-30(27)31)22-5-3-2-4-6-22/h2-8,10-12,14,17,25-29,35H,9,13,15-16,18H2,1H3/t25-,26-,27?,28+,29?,31+/m1/s1. The number of nitrogens with zero attached hydrogens (tertiary/aromatic N) is 2. The fourth-order valence-corrected chi connectivity index (χ4v) is 8.36. The highest BCUT2D eigenvalue weighted by Gasteiger charge is 2.61. The minimum Gasteiger partial charge on any atom is -0.508 e. The van der Waals surface area contributed by atoms with Crippen LogP contribution in [0.1, 0.15) is 61.3 Å². The van der Waals surface area contributed by atoms with E-state index in [2.05, 4.69) is 88.5 Å². The maximum absolute atomic E-state index is 10.0. The largest absolute Gasteiger partial charge is 0.508 e. The molecule has 1 heterocycles. The summed E-state index contributed by atoms with van der Waals surface area (Å²) in [5.74, 6) is 2.85. The number of hydrogen-bond donors (Lipinski definition) is 1. The number of rotatable bonds is 2. The Bertz CT molecular complexity index is 1300. The number of anilines is 1. The van der Waals surface area contributed by atoms with Crippen LogP contribution in [0.15, 0.2) is 82.4 Å². The molecule has 0 aromatic heterocycles. The average molecular weight is 528 g/mol. The van der Waals surface area contributed by atoms with Crippen molar-refractivity contribution < 1.29 is 5.11 Å². The van der Waals surface area contributed by atoms with Crippen LogP contribution in [0.25, 0.3) is 0 Å². The Labute approximate surface area is 216 Å². The predicted molar refractivity (Wildman–Crippen MR) is 145 cm³/mol. The number of aromatic hydroxyl groups is 1. The van der Waals surface area contributed by atoms with E-state index in [1.165, 1.54) is 53.8 Å². The Hall–Kier alpha value is -2.59.